The molecule has 2 heterocycles. The van der Waals surface area contributed by atoms with Crippen molar-refractivity contribution in [3.8, 4) is 5.69 Å². The maximum absolute atomic E-state index is 14.9. The normalized spacial score (nSPS) is 14.6. The highest BCUT2D eigenvalue weighted by molar-refractivity contribution is 7.99. The lowest BCUT2D eigenvalue weighted by Gasteiger charge is -2.13. The monoisotopic (exact) mass is 484 g/mol. The number of aromatic nitrogens is 3. The van der Waals surface area contributed by atoms with Crippen LogP contribution in [0, 0.1) is 15.9 Å². The van der Waals surface area contributed by atoms with Crippen LogP contribution in [0.1, 0.15) is 35.8 Å². The van der Waals surface area contributed by atoms with Gasteiger partial charge in [0, 0.05) is 42.0 Å². The Hall–Kier alpha value is -3.64. The Morgan fingerprint density at radius 1 is 1.26 bits per heavy atom. The summed E-state index contributed by atoms with van der Waals surface area (Å²) in [6, 6.07) is 9.70. The molecule has 0 bridgehead atoms. The second kappa shape index (κ2) is 10.1. The van der Waals surface area contributed by atoms with E-state index in [2.05, 4.69) is 10.2 Å². The Balaban J connectivity index is 1.98. The minimum Gasteiger partial charge on any atom is -0.469 e. The molecule has 12 heteroatoms. The third-order valence-electron chi connectivity index (χ3n) is 5.26. The van der Waals surface area contributed by atoms with Crippen LogP contribution in [0.15, 0.2) is 52.6 Å². The standard InChI is InChI=1S/C22H21FN6O4S/c1-33-19(30)9-7-17-21-26-27-22(34-11-10-24)28(21)18-8-6-13(29(31)32)12-15(18)20(25-17)14-4-2-3-5-16(14)23/h2-6,8,12,17H,7,9-11,24H2,1H3/t17-/m0/s1. The van der Waals surface area contributed by atoms with Crippen molar-refractivity contribution in [2.24, 2.45) is 10.7 Å². The molecule has 10 nitrogen and oxygen atoms in total. The van der Waals surface area contributed by atoms with Crippen molar-refractivity contribution in [1.29, 1.82) is 0 Å². The van der Waals surface area contributed by atoms with Gasteiger partial charge in [0.25, 0.3) is 5.69 Å². The molecule has 0 amide bonds. The van der Waals surface area contributed by atoms with Gasteiger partial charge in [-0.2, -0.15) is 0 Å². The first-order chi connectivity index (χ1) is 16.4. The molecule has 1 aliphatic heterocycles. The quantitative estimate of drug-likeness (QED) is 0.223. The van der Waals surface area contributed by atoms with Crippen LogP contribution in [0.3, 0.4) is 0 Å². The smallest absolute Gasteiger partial charge is 0.305 e. The number of benzene rings is 2. The van der Waals surface area contributed by atoms with Crippen molar-refractivity contribution in [1.82, 2.24) is 14.8 Å². The lowest BCUT2D eigenvalue weighted by Crippen LogP contribution is -2.11. The van der Waals surface area contributed by atoms with Gasteiger partial charge in [0.05, 0.1) is 23.4 Å². The van der Waals surface area contributed by atoms with Gasteiger partial charge in [-0.1, -0.05) is 23.9 Å². The second-order valence-corrected chi connectivity index (χ2v) is 8.42. The van der Waals surface area contributed by atoms with E-state index in [0.717, 1.165) is 0 Å². The van der Waals surface area contributed by atoms with Crippen LogP contribution in [-0.4, -0.2) is 50.8 Å². The molecule has 176 valence electrons. The number of nitrogens with two attached hydrogens (primary N) is 1. The summed E-state index contributed by atoms with van der Waals surface area (Å²) in [7, 11) is 1.29. The van der Waals surface area contributed by atoms with Gasteiger partial charge in [-0.15, -0.1) is 10.2 Å². The Morgan fingerprint density at radius 2 is 2.06 bits per heavy atom. The number of methoxy groups -OCH3 is 1. The fourth-order valence-electron chi connectivity index (χ4n) is 3.69. The molecule has 0 saturated carbocycles. The molecule has 0 fully saturated rings. The lowest BCUT2D eigenvalue weighted by atomic mass is 9.99. The molecule has 1 aliphatic rings. The average Bonchev–Trinajstić information content (AvgIpc) is 3.20. The Labute approximate surface area is 198 Å². The average molecular weight is 485 g/mol. The molecule has 4 rings (SSSR count). The van der Waals surface area contributed by atoms with Gasteiger partial charge in [-0.3, -0.25) is 24.5 Å². The largest absolute Gasteiger partial charge is 0.469 e. The number of nitrogens with zero attached hydrogens (tertiary/aromatic N) is 5. The van der Waals surface area contributed by atoms with Crippen LogP contribution in [0.5, 0.6) is 0 Å². The highest BCUT2D eigenvalue weighted by Crippen LogP contribution is 2.37. The third-order valence-corrected chi connectivity index (χ3v) is 6.22. The van der Waals surface area contributed by atoms with Gasteiger partial charge in [0.1, 0.15) is 11.9 Å². The van der Waals surface area contributed by atoms with Crippen molar-refractivity contribution in [2.75, 3.05) is 19.4 Å². The van der Waals surface area contributed by atoms with Crippen LogP contribution < -0.4 is 5.73 Å². The molecule has 0 spiro atoms. The van der Waals surface area contributed by atoms with Crippen molar-refractivity contribution >= 4 is 29.1 Å². The highest BCUT2D eigenvalue weighted by atomic mass is 32.2. The minimum absolute atomic E-state index is 0.0455. The fourth-order valence-corrected chi connectivity index (χ4v) is 4.41. The van der Waals surface area contributed by atoms with Crippen molar-refractivity contribution < 1.29 is 18.8 Å². The van der Waals surface area contributed by atoms with Gasteiger partial charge in [-0.25, -0.2) is 4.39 Å². The van der Waals surface area contributed by atoms with E-state index in [9.17, 15) is 19.3 Å². The first-order valence-corrected chi connectivity index (χ1v) is 11.4. The number of esters is 1. The predicted molar refractivity (Wildman–Crippen MR) is 124 cm³/mol. The van der Waals surface area contributed by atoms with Gasteiger partial charge in [-0.05, 0) is 24.6 Å². The van der Waals surface area contributed by atoms with Gasteiger partial charge in [0.2, 0.25) is 0 Å². The summed E-state index contributed by atoms with van der Waals surface area (Å²) in [5.41, 5.74) is 6.79. The maximum atomic E-state index is 14.9. The van der Waals surface area contributed by atoms with Gasteiger partial charge < -0.3 is 10.5 Å². The van der Waals surface area contributed by atoms with Crippen LogP contribution >= 0.6 is 11.8 Å². The fraction of sp³-hybridized carbons (Fsp3) is 0.273. The molecular formula is C22H21FN6O4S. The number of aliphatic imine (C=N–C) groups is 1. The number of non-ortho nitro benzene ring substituents is 1. The molecule has 0 aliphatic carbocycles. The van der Waals surface area contributed by atoms with E-state index in [-0.39, 0.29) is 29.8 Å². The van der Waals surface area contributed by atoms with E-state index >= 15 is 0 Å². The minimum atomic E-state index is -0.681. The van der Waals surface area contributed by atoms with Crippen LogP contribution in [0.25, 0.3) is 5.69 Å². The van der Waals surface area contributed by atoms with Crippen LogP contribution in [-0.2, 0) is 9.53 Å². The number of halogens is 1. The lowest BCUT2D eigenvalue weighted by molar-refractivity contribution is -0.384. The number of ether oxygens (including phenoxy) is 1. The Kier molecular flexibility index (Phi) is 6.98. The highest BCUT2D eigenvalue weighted by Gasteiger charge is 2.31. The summed E-state index contributed by atoms with van der Waals surface area (Å²) in [4.78, 5) is 27.7. The van der Waals surface area contributed by atoms with Crippen molar-refractivity contribution in [3.63, 3.8) is 0 Å². The van der Waals surface area contributed by atoms with Crippen LogP contribution in [0.4, 0.5) is 10.1 Å². The number of carbonyl (C=O) groups excluding carboxylic acids is 1. The molecule has 0 unspecified atom stereocenters. The number of carbonyl (C=O) groups is 1. The van der Waals surface area contributed by atoms with Gasteiger partial charge in [0.15, 0.2) is 11.0 Å². The maximum Gasteiger partial charge on any atom is 0.305 e. The summed E-state index contributed by atoms with van der Waals surface area (Å²) in [6.45, 7) is 0.405. The zero-order valence-electron chi connectivity index (χ0n) is 18.2. The topological polar surface area (TPSA) is 139 Å². The van der Waals surface area contributed by atoms with E-state index in [4.69, 9.17) is 15.5 Å². The number of nitro benzene ring substituents is 1. The van der Waals surface area contributed by atoms with E-state index in [1.165, 1.54) is 37.1 Å². The third kappa shape index (κ3) is 4.54. The molecular weight excluding hydrogens is 463 g/mol. The summed E-state index contributed by atoms with van der Waals surface area (Å²) < 4.78 is 21.4. The first-order valence-electron chi connectivity index (χ1n) is 10.4. The number of rotatable bonds is 8. The molecule has 2 N–H and O–H groups in total. The second-order valence-electron chi connectivity index (χ2n) is 7.36. The Bertz CT molecular complexity index is 1280. The number of hydrogen-bond acceptors (Lipinski definition) is 9. The summed E-state index contributed by atoms with van der Waals surface area (Å²) >= 11 is 1.37. The molecule has 0 radical (unpaired) electrons. The summed E-state index contributed by atoms with van der Waals surface area (Å²) in [5, 5.41) is 20.7. The summed E-state index contributed by atoms with van der Waals surface area (Å²) in [6.07, 6.45) is 0.268. The molecule has 0 saturated heterocycles. The van der Waals surface area contributed by atoms with E-state index in [1.807, 2.05) is 0 Å². The molecule has 2 aromatic carbocycles. The zero-order valence-corrected chi connectivity index (χ0v) is 19.0. The molecule has 1 aromatic heterocycles. The number of nitro groups is 1. The predicted octanol–water partition coefficient (Wildman–Crippen LogP) is 3.21. The van der Waals surface area contributed by atoms with Crippen molar-refractivity contribution in [3.05, 3.63) is 75.3 Å². The number of fused-ring (bicyclic) bond motifs is 3. The Morgan fingerprint density at radius 3 is 2.76 bits per heavy atom. The van der Waals surface area contributed by atoms with Crippen LogP contribution in [0.2, 0.25) is 0 Å². The number of hydrogen-bond donors (Lipinski definition) is 1. The SMILES string of the molecule is COC(=O)CC[C@@H]1N=C(c2ccccc2F)c2cc([N+](=O)[O-])ccc2-n2c(SCCN)nnc21. The van der Waals surface area contributed by atoms with E-state index in [0.29, 0.717) is 34.5 Å². The van der Waals surface area contributed by atoms with E-state index < -0.39 is 22.8 Å². The van der Waals surface area contributed by atoms with E-state index in [1.54, 1.807) is 28.8 Å². The summed E-state index contributed by atoms with van der Waals surface area (Å²) in [5.74, 6) is 0.0448. The first kappa shape index (κ1) is 23.5. The van der Waals surface area contributed by atoms with Crippen molar-refractivity contribution in [2.45, 2.75) is 24.0 Å². The molecule has 3 aromatic rings. The van der Waals surface area contributed by atoms with Gasteiger partial charge >= 0.3 is 5.97 Å². The number of thioether (sulfide) groups is 1. The molecule has 34 heavy (non-hydrogen) atoms. The zero-order chi connectivity index (χ0) is 24.2. The molecule has 1 atom stereocenters.